The molecule has 2 aromatic rings. The van der Waals surface area contributed by atoms with Gasteiger partial charge in [-0.15, -0.1) is 0 Å². The van der Waals surface area contributed by atoms with Crippen LogP contribution in [0.2, 0.25) is 5.02 Å². The van der Waals surface area contributed by atoms with E-state index < -0.39 is 0 Å². The Morgan fingerprint density at radius 3 is 2.93 bits per heavy atom. The predicted molar refractivity (Wildman–Crippen MR) is 57.9 cm³/mol. The van der Waals surface area contributed by atoms with Crippen LogP contribution in [0.25, 0.3) is 0 Å². The van der Waals surface area contributed by atoms with Gasteiger partial charge in [-0.25, -0.2) is 4.39 Å². The SMILES string of the molecule is Fc1cc(Cl)ccc1COc1ccsn1. The molecule has 0 saturated heterocycles. The molecule has 0 N–H and O–H groups in total. The molecule has 78 valence electrons. The Balaban J connectivity index is 2.05. The average molecular weight is 244 g/mol. The maximum atomic E-state index is 13.3. The summed E-state index contributed by atoms with van der Waals surface area (Å²) in [4.78, 5) is 0. The van der Waals surface area contributed by atoms with Crippen molar-refractivity contribution < 1.29 is 9.13 Å². The summed E-state index contributed by atoms with van der Waals surface area (Å²) in [7, 11) is 0. The Hall–Kier alpha value is -1.13. The minimum absolute atomic E-state index is 0.159. The molecular formula is C10H7ClFNOS. The Morgan fingerprint density at radius 2 is 2.27 bits per heavy atom. The summed E-state index contributed by atoms with van der Waals surface area (Å²) in [5.74, 6) is 0.145. The summed E-state index contributed by atoms with van der Waals surface area (Å²) < 4.78 is 22.5. The predicted octanol–water partition coefficient (Wildman–Crippen LogP) is 3.51. The third kappa shape index (κ3) is 2.67. The number of rotatable bonds is 3. The lowest BCUT2D eigenvalue weighted by atomic mass is 10.2. The number of benzene rings is 1. The molecule has 0 amide bonds. The van der Waals surface area contributed by atoms with Crippen LogP contribution in [0.5, 0.6) is 5.88 Å². The van der Waals surface area contributed by atoms with Gasteiger partial charge in [-0.1, -0.05) is 17.7 Å². The van der Waals surface area contributed by atoms with E-state index in [0.717, 1.165) is 0 Å². The summed E-state index contributed by atoms with van der Waals surface area (Å²) in [6.45, 7) is 0.159. The Bertz CT molecular complexity index is 447. The molecule has 1 aromatic heterocycles. The average Bonchev–Trinajstić information content (AvgIpc) is 2.69. The zero-order valence-corrected chi connectivity index (χ0v) is 9.19. The molecule has 0 spiro atoms. The van der Waals surface area contributed by atoms with Crippen LogP contribution in [0, 0.1) is 5.82 Å². The van der Waals surface area contributed by atoms with Crippen LogP contribution in [-0.2, 0) is 6.61 Å². The van der Waals surface area contributed by atoms with Crippen LogP contribution < -0.4 is 4.74 Å². The number of aromatic nitrogens is 1. The second-order valence-electron chi connectivity index (χ2n) is 2.86. The maximum Gasteiger partial charge on any atom is 0.225 e. The molecule has 0 aliphatic heterocycles. The highest BCUT2D eigenvalue weighted by Crippen LogP contribution is 2.17. The zero-order chi connectivity index (χ0) is 10.7. The molecule has 15 heavy (non-hydrogen) atoms. The summed E-state index contributed by atoms with van der Waals surface area (Å²) in [5, 5.41) is 2.18. The molecule has 0 unspecified atom stereocenters. The van der Waals surface area contributed by atoms with Crippen molar-refractivity contribution in [2.45, 2.75) is 6.61 Å². The molecule has 0 aliphatic rings. The van der Waals surface area contributed by atoms with E-state index in [-0.39, 0.29) is 12.4 Å². The lowest BCUT2D eigenvalue weighted by Gasteiger charge is -2.04. The normalized spacial score (nSPS) is 10.3. The van der Waals surface area contributed by atoms with E-state index in [1.54, 1.807) is 23.6 Å². The van der Waals surface area contributed by atoms with Gasteiger partial charge in [0.2, 0.25) is 5.88 Å². The van der Waals surface area contributed by atoms with Gasteiger partial charge in [0.1, 0.15) is 12.4 Å². The van der Waals surface area contributed by atoms with Crippen LogP contribution in [-0.4, -0.2) is 4.37 Å². The van der Waals surface area contributed by atoms with Crippen molar-refractivity contribution in [2.75, 3.05) is 0 Å². The number of hydrogen-bond acceptors (Lipinski definition) is 3. The smallest absolute Gasteiger partial charge is 0.225 e. The Kier molecular flexibility index (Phi) is 3.18. The molecular weight excluding hydrogens is 237 g/mol. The molecule has 1 aromatic carbocycles. The molecule has 0 saturated carbocycles. The molecule has 2 rings (SSSR count). The molecule has 2 nitrogen and oxygen atoms in total. The van der Waals surface area contributed by atoms with E-state index in [1.807, 2.05) is 0 Å². The first kappa shape index (κ1) is 10.4. The van der Waals surface area contributed by atoms with Crippen molar-refractivity contribution in [3.05, 3.63) is 46.0 Å². The first-order valence-corrected chi connectivity index (χ1v) is 5.44. The van der Waals surface area contributed by atoms with E-state index in [1.165, 1.54) is 17.6 Å². The molecule has 0 atom stereocenters. The number of nitrogens with zero attached hydrogens (tertiary/aromatic N) is 1. The highest BCUT2D eigenvalue weighted by atomic mass is 35.5. The first-order valence-electron chi connectivity index (χ1n) is 4.23. The standard InChI is InChI=1S/C10H7ClFNOS/c11-8-2-1-7(9(12)5-8)6-14-10-3-4-15-13-10/h1-5H,6H2. The second kappa shape index (κ2) is 4.59. The fraction of sp³-hybridized carbons (Fsp3) is 0.100. The van der Waals surface area contributed by atoms with Gasteiger partial charge in [0.05, 0.1) is 0 Å². The van der Waals surface area contributed by atoms with Gasteiger partial charge in [0.15, 0.2) is 0 Å². The van der Waals surface area contributed by atoms with Crippen molar-refractivity contribution in [1.29, 1.82) is 0 Å². The lowest BCUT2D eigenvalue weighted by molar-refractivity contribution is 0.291. The topological polar surface area (TPSA) is 22.1 Å². The van der Waals surface area contributed by atoms with Crippen molar-refractivity contribution in [1.82, 2.24) is 4.37 Å². The van der Waals surface area contributed by atoms with Gasteiger partial charge in [0.25, 0.3) is 0 Å². The quantitative estimate of drug-likeness (QED) is 0.823. The monoisotopic (exact) mass is 243 g/mol. The molecule has 5 heteroatoms. The maximum absolute atomic E-state index is 13.3. The van der Waals surface area contributed by atoms with Crippen LogP contribution in [0.15, 0.2) is 29.6 Å². The third-order valence-corrected chi connectivity index (χ3v) is 2.58. The number of ether oxygens (including phenoxy) is 1. The van der Waals surface area contributed by atoms with E-state index in [9.17, 15) is 4.39 Å². The van der Waals surface area contributed by atoms with Crippen LogP contribution in [0.1, 0.15) is 5.56 Å². The van der Waals surface area contributed by atoms with E-state index in [0.29, 0.717) is 16.5 Å². The summed E-state index contributed by atoms with van der Waals surface area (Å²) in [6, 6.07) is 6.23. The summed E-state index contributed by atoms with van der Waals surface area (Å²) >= 11 is 6.92. The first-order chi connectivity index (χ1) is 7.25. The van der Waals surface area contributed by atoms with Crippen molar-refractivity contribution in [3.63, 3.8) is 0 Å². The van der Waals surface area contributed by atoms with Gasteiger partial charge in [0, 0.05) is 22.0 Å². The van der Waals surface area contributed by atoms with Crippen LogP contribution in [0.3, 0.4) is 0 Å². The van der Waals surface area contributed by atoms with Gasteiger partial charge in [-0.05, 0) is 23.7 Å². The largest absolute Gasteiger partial charge is 0.472 e. The van der Waals surface area contributed by atoms with E-state index >= 15 is 0 Å². The third-order valence-electron chi connectivity index (χ3n) is 1.80. The van der Waals surface area contributed by atoms with Gasteiger partial charge in [-0.3, -0.25) is 0 Å². The second-order valence-corrected chi connectivity index (χ2v) is 3.96. The minimum atomic E-state index is -0.363. The Morgan fingerprint density at radius 1 is 1.40 bits per heavy atom. The van der Waals surface area contributed by atoms with Gasteiger partial charge < -0.3 is 4.74 Å². The van der Waals surface area contributed by atoms with Crippen molar-refractivity contribution in [2.24, 2.45) is 0 Å². The molecule has 0 radical (unpaired) electrons. The van der Waals surface area contributed by atoms with Gasteiger partial charge in [-0.2, -0.15) is 4.37 Å². The van der Waals surface area contributed by atoms with E-state index in [4.69, 9.17) is 16.3 Å². The summed E-state index contributed by atoms with van der Waals surface area (Å²) in [5.41, 5.74) is 0.465. The summed E-state index contributed by atoms with van der Waals surface area (Å²) in [6.07, 6.45) is 0. The Labute approximate surface area is 95.4 Å². The molecule has 1 heterocycles. The molecule has 0 aliphatic carbocycles. The van der Waals surface area contributed by atoms with Crippen molar-refractivity contribution in [3.8, 4) is 5.88 Å². The number of hydrogen-bond donors (Lipinski definition) is 0. The van der Waals surface area contributed by atoms with Crippen LogP contribution in [0.4, 0.5) is 4.39 Å². The lowest BCUT2D eigenvalue weighted by Crippen LogP contribution is -1.98. The fourth-order valence-corrected chi connectivity index (χ4v) is 1.68. The fourth-order valence-electron chi connectivity index (χ4n) is 1.07. The minimum Gasteiger partial charge on any atom is -0.472 e. The van der Waals surface area contributed by atoms with Crippen molar-refractivity contribution >= 4 is 23.1 Å². The molecule has 0 bridgehead atoms. The van der Waals surface area contributed by atoms with E-state index in [2.05, 4.69) is 4.37 Å². The highest BCUT2D eigenvalue weighted by molar-refractivity contribution is 7.03. The van der Waals surface area contributed by atoms with Gasteiger partial charge >= 0.3 is 0 Å². The highest BCUT2D eigenvalue weighted by Gasteiger charge is 2.04. The van der Waals surface area contributed by atoms with Crippen LogP contribution >= 0.6 is 23.1 Å². The zero-order valence-electron chi connectivity index (χ0n) is 7.61. The molecule has 0 fully saturated rings. The number of halogens is 2.